The van der Waals surface area contributed by atoms with Crippen molar-refractivity contribution in [1.82, 2.24) is 14.1 Å². The standard InChI is InChI=1S/C13H21N3OS/c1-2-3-4-5-9-17-13-12(15-18-16-13)11-7-6-8-14-10-11/h7,14H,2-6,8-10H2,1H3. The number of hydrogen-bond acceptors (Lipinski definition) is 5. The molecule has 0 aliphatic carbocycles. The molecule has 100 valence electrons. The zero-order valence-corrected chi connectivity index (χ0v) is 11.8. The lowest BCUT2D eigenvalue weighted by Crippen LogP contribution is -2.21. The summed E-state index contributed by atoms with van der Waals surface area (Å²) >= 11 is 1.23. The highest BCUT2D eigenvalue weighted by Gasteiger charge is 2.15. The Morgan fingerprint density at radius 2 is 2.28 bits per heavy atom. The minimum atomic E-state index is 0.714. The lowest BCUT2D eigenvalue weighted by Gasteiger charge is -2.13. The maximum absolute atomic E-state index is 5.75. The number of unbranched alkanes of at least 4 members (excludes halogenated alkanes) is 3. The Morgan fingerprint density at radius 1 is 1.33 bits per heavy atom. The van der Waals surface area contributed by atoms with Gasteiger partial charge in [-0.15, -0.1) is 4.37 Å². The van der Waals surface area contributed by atoms with E-state index in [1.54, 1.807) is 0 Å². The fourth-order valence-corrected chi connectivity index (χ4v) is 2.52. The van der Waals surface area contributed by atoms with Crippen molar-refractivity contribution in [3.63, 3.8) is 0 Å². The summed E-state index contributed by atoms with van der Waals surface area (Å²) in [6.07, 6.45) is 8.15. The molecule has 0 spiro atoms. The van der Waals surface area contributed by atoms with Gasteiger partial charge >= 0.3 is 0 Å². The molecule has 0 aromatic carbocycles. The molecule has 1 aromatic heterocycles. The summed E-state index contributed by atoms with van der Waals surface area (Å²) < 4.78 is 14.3. The first-order valence-corrected chi connectivity index (χ1v) is 7.50. The maximum Gasteiger partial charge on any atom is 0.253 e. The fraction of sp³-hybridized carbons (Fsp3) is 0.692. The van der Waals surface area contributed by atoms with Crippen LogP contribution >= 0.6 is 11.7 Å². The van der Waals surface area contributed by atoms with Crippen LogP contribution in [0.5, 0.6) is 5.88 Å². The van der Waals surface area contributed by atoms with Crippen LogP contribution in [0, 0.1) is 0 Å². The predicted octanol–water partition coefficient (Wildman–Crippen LogP) is 2.87. The van der Waals surface area contributed by atoms with Crippen LogP contribution in [0.1, 0.15) is 44.7 Å². The molecule has 2 rings (SSSR count). The smallest absolute Gasteiger partial charge is 0.253 e. The Balaban J connectivity index is 1.85. The second-order valence-corrected chi connectivity index (χ2v) is 5.05. The summed E-state index contributed by atoms with van der Waals surface area (Å²) in [5.74, 6) is 0.714. The van der Waals surface area contributed by atoms with Crippen molar-refractivity contribution in [1.29, 1.82) is 0 Å². The molecule has 0 atom stereocenters. The van der Waals surface area contributed by atoms with Gasteiger partial charge in [-0.1, -0.05) is 32.3 Å². The molecule has 4 nitrogen and oxygen atoms in total. The molecule has 0 saturated heterocycles. The van der Waals surface area contributed by atoms with Gasteiger partial charge in [-0.3, -0.25) is 0 Å². The Morgan fingerprint density at radius 3 is 3.06 bits per heavy atom. The van der Waals surface area contributed by atoms with E-state index in [-0.39, 0.29) is 0 Å². The third kappa shape index (κ3) is 3.78. The molecule has 5 heteroatoms. The highest BCUT2D eigenvalue weighted by atomic mass is 32.1. The van der Waals surface area contributed by atoms with E-state index in [0.29, 0.717) is 5.88 Å². The average molecular weight is 267 g/mol. The Hall–Kier alpha value is -0.940. The van der Waals surface area contributed by atoms with E-state index in [4.69, 9.17) is 4.74 Å². The quantitative estimate of drug-likeness (QED) is 0.772. The minimum Gasteiger partial charge on any atom is -0.475 e. The summed E-state index contributed by atoms with van der Waals surface area (Å²) in [6, 6.07) is 0. The molecule has 18 heavy (non-hydrogen) atoms. The van der Waals surface area contributed by atoms with Crippen LogP contribution in [0.2, 0.25) is 0 Å². The van der Waals surface area contributed by atoms with E-state index in [9.17, 15) is 0 Å². The van der Waals surface area contributed by atoms with Crippen LogP contribution in [-0.2, 0) is 0 Å². The molecule has 1 N–H and O–H groups in total. The van der Waals surface area contributed by atoms with E-state index in [1.165, 1.54) is 36.6 Å². The largest absolute Gasteiger partial charge is 0.475 e. The molecule has 0 bridgehead atoms. The van der Waals surface area contributed by atoms with Crippen LogP contribution < -0.4 is 10.1 Å². The first-order valence-electron chi connectivity index (χ1n) is 6.77. The highest BCUT2D eigenvalue weighted by Crippen LogP contribution is 2.25. The zero-order chi connectivity index (χ0) is 12.6. The first-order chi connectivity index (χ1) is 8.92. The SMILES string of the molecule is CCCCCCOc1nsnc1C1=CCCNC1. The molecule has 1 aliphatic rings. The number of hydrogen-bond donors (Lipinski definition) is 1. The van der Waals surface area contributed by atoms with Crippen molar-refractivity contribution in [2.45, 2.75) is 39.0 Å². The van der Waals surface area contributed by atoms with Crippen LogP contribution in [0.25, 0.3) is 5.57 Å². The number of nitrogens with one attached hydrogen (secondary N) is 1. The third-order valence-electron chi connectivity index (χ3n) is 3.03. The summed E-state index contributed by atoms with van der Waals surface area (Å²) in [7, 11) is 0. The number of ether oxygens (including phenoxy) is 1. The van der Waals surface area contributed by atoms with E-state index < -0.39 is 0 Å². The van der Waals surface area contributed by atoms with Crippen LogP contribution in [0.15, 0.2) is 6.08 Å². The molecule has 0 saturated carbocycles. The lowest BCUT2D eigenvalue weighted by atomic mass is 10.1. The summed E-state index contributed by atoms with van der Waals surface area (Å²) in [4.78, 5) is 0. The van der Waals surface area contributed by atoms with Crippen molar-refractivity contribution in [3.8, 4) is 5.88 Å². The second kappa shape index (κ2) is 7.48. The molecule has 0 unspecified atom stereocenters. The Labute approximate surface area is 113 Å². The van der Waals surface area contributed by atoms with Gasteiger partial charge in [-0.05, 0) is 25.0 Å². The number of nitrogens with zero attached hydrogens (tertiary/aromatic N) is 2. The van der Waals surface area contributed by atoms with E-state index >= 15 is 0 Å². The predicted molar refractivity (Wildman–Crippen MR) is 75.0 cm³/mol. The van der Waals surface area contributed by atoms with E-state index in [0.717, 1.165) is 38.2 Å². The highest BCUT2D eigenvalue weighted by molar-refractivity contribution is 6.99. The molecule has 2 heterocycles. The van der Waals surface area contributed by atoms with Crippen molar-refractivity contribution in [2.24, 2.45) is 0 Å². The summed E-state index contributed by atoms with van der Waals surface area (Å²) in [5, 5.41) is 3.35. The van der Waals surface area contributed by atoms with Crippen molar-refractivity contribution in [2.75, 3.05) is 19.7 Å². The van der Waals surface area contributed by atoms with Gasteiger partial charge in [0.15, 0.2) is 0 Å². The van der Waals surface area contributed by atoms with Gasteiger partial charge in [-0.2, -0.15) is 4.37 Å². The van der Waals surface area contributed by atoms with Crippen molar-refractivity contribution < 1.29 is 4.74 Å². The topological polar surface area (TPSA) is 47.0 Å². The van der Waals surface area contributed by atoms with Crippen LogP contribution in [0.3, 0.4) is 0 Å². The van der Waals surface area contributed by atoms with Crippen LogP contribution in [0.4, 0.5) is 0 Å². The molecule has 0 amide bonds. The van der Waals surface area contributed by atoms with Gasteiger partial charge in [0.1, 0.15) is 5.69 Å². The molecule has 1 aliphatic heterocycles. The normalized spacial score (nSPS) is 15.5. The molecule has 0 fully saturated rings. The lowest BCUT2D eigenvalue weighted by molar-refractivity contribution is 0.295. The molecule has 1 aromatic rings. The van der Waals surface area contributed by atoms with Gasteiger partial charge in [0.05, 0.1) is 18.3 Å². The van der Waals surface area contributed by atoms with Gasteiger partial charge in [-0.25, -0.2) is 0 Å². The average Bonchev–Trinajstić information content (AvgIpc) is 2.88. The van der Waals surface area contributed by atoms with E-state index in [2.05, 4.69) is 27.1 Å². The third-order valence-corrected chi connectivity index (χ3v) is 3.54. The van der Waals surface area contributed by atoms with Crippen molar-refractivity contribution >= 4 is 17.3 Å². The van der Waals surface area contributed by atoms with Gasteiger partial charge in [0.25, 0.3) is 5.88 Å². The van der Waals surface area contributed by atoms with Gasteiger partial charge < -0.3 is 10.1 Å². The Kier molecular flexibility index (Phi) is 5.61. The first kappa shape index (κ1) is 13.5. The Bertz CT molecular complexity index is 389. The summed E-state index contributed by atoms with van der Waals surface area (Å²) in [6.45, 7) is 4.89. The second-order valence-electron chi connectivity index (χ2n) is 4.52. The molecular weight excluding hydrogens is 246 g/mol. The molecular formula is C13H21N3OS. The monoisotopic (exact) mass is 267 g/mol. The minimum absolute atomic E-state index is 0.714. The maximum atomic E-state index is 5.75. The van der Waals surface area contributed by atoms with Gasteiger partial charge in [0.2, 0.25) is 0 Å². The van der Waals surface area contributed by atoms with Crippen molar-refractivity contribution in [3.05, 3.63) is 11.8 Å². The summed E-state index contributed by atoms with van der Waals surface area (Å²) in [5.41, 5.74) is 2.15. The zero-order valence-electron chi connectivity index (χ0n) is 10.9. The molecule has 0 radical (unpaired) electrons. The number of rotatable bonds is 7. The van der Waals surface area contributed by atoms with Crippen LogP contribution in [-0.4, -0.2) is 28.4 Å². The number of aromatic nitrogens is 2. The van der Waals surface area contributed by atoms with E-state index in [1.807, 2.05) is 0 Å². The van der Waals surface area contributed by atoms with Gasteiger partial charge in [0, 0.05) is 6.54 Å². The fourth-order valence-electron chi connectivity index (χ4n) is 1.99.